The summed E-state index contributed by atoms with van der Waals surface area (Å²) in [5.74, 6) is -1.83. The van der Waals surface area contributed by atoms with Crippen molar-refractivity contribution in [2.24, 2.45) is 0 Å². The molecule has 34 heavy (non-hydrogen) atoms. The first-order valence-electron chi connectivity index (χ1n) is 11.3. The Morgan fingerprint density at radius 2 is 1.65 bits per heavy atom. The molecule has 1 atom stereocenters. The summed E-state index contributed by atoms with van der Waals surface area (Å²) < 4.78 is 32.4. The third-order valence-electron chi connectivity index (χ3n) is 6.27. The van der Waals surface area contributed by atoms with Crippen LogP contribution in [0.25, 0.3) is 5.76 Å². The first-order chi connectivity index (χ1) is 16.4. The summed E-state index contributed by atoms with van der Waals surface area (Å²) in [5, 5.41) is 11.1. The lowest BCUT2D eigenvalue weighted by Gasteiger charge is -2.26. The van der Waals surface area contributed by atoms with E-state index < -0.39 is 27.8 Å². The Hall–Kier alpha value is -3.01. The minimum absolute atomic E-state index is 0.0288. The number of ketones is 1. The maximum Gasteiger partial charge on any atom is 0.295 e. The molecule has 0 bridgehead atoms. The topological polar surface area (TPSA) is 104 Å². The SMILES string of the molecule is COCCN1C(=O)C(=O)C(=C(O)c2ccc(S(=O)(=O)N3CCCCC3)cc2)[C@H]1c1ccccc1. The van der Waals surface area contributed by atoms with Crippen LogP contribution >= 0.6 is 0 Å². The smallest absolute Gasteiger partial charge is 0.295 e. The molecule has 2 saturated heterocycles. The van der Waals surface area contributed by atoms with Gasteiger partial charge in [0.1, 0.15) is 5.76 Å². The van der Waals surface area contributed by atoms with E-state index in [4.69, 9.17) is 4.74 Å². The van der Waals surface area contributed by atoms with Crippen LogP contribution < -0.4 is 0 Å². The molecule has 2 aromatic carbocycles. The van der Waals surface area contributed by atoms with Crippen molar-refractivity contribution in [1.29, 1.82) is 0 Å². The van der Waals surface area contributed by atoms with Gasteiger partial charge in [0.2, 0.25) is 10.0 Å². The normalized spacial score (nSPS) is 21.2. The van der Waals surface area contributed by atoms with E-state index in [0.29, 0.717) is 18.7 Å². The predicted octanol–water partition coefficient (Wildman–Crippen LogP) is 2.93. The number of carbonyl (C=O) groups is 2. The molecule has 1 N–H and O–H groups in total. The summed E-state index contributed by atoms with van der Waals surface area (Å²) in [4.78, 5) is 27.3. The number of carbonyl (C=O) groups excluding carboxylic acids is 2. The molecule has 9 heteroatoms. The fourth-order valence-electron chi connectivity index (χ4n) is 4.48. The molecule has 0 saturated carbocycles. The minimum atomic E-state index is -3.62. The van der Waals surface area contributed by atoms with E-state index in [1.807, 2.05) is 6.07 Å². The van der Waals surface area contributed by atoms with Gasteiger partial charge in [-0.25, -0.2) is 8.42 Å². The van der Waals surface area contributed by atoms with Crippen molar-refractivity contribution in [2.45, 2.75) is 30.2 Å². The van der Waals surface area contributed by atoms with Gasteiger partial charge in [0, 0.05) is 32.3 Å². The minimum Gasteiger partial charge on any atom is -0.507 e. The molecule has 180 valence electrons. The number of amides is 1. The highest BCUT2D eigenvalue weighted by atomic mass is 32.2. The number of hydrogen-bond acceptors (Lipinski definition) is 6. The van der Waals surface area contributed by atoms with E-state index in [9.17, 15) is 23.1 Å². The van der Waals surface area contributed by atoms with Crippen molar-refractivity contribution in [1.82, 2.24) is 9.21 Å². The van der Waals surface area contributed by atoms with Gasteiger partial charge in [-0.3, -0.25) is 9.59 Å². The van der Waals surface area contributed by atoms with Crippen LogP contribution in [-0.2, 0) is 24.3 Å². The van der Waals surface area contributed by atoms with Gasteiger partial charge in [-0.1, -0.05) is 36.8 Å². The molecular weight excluding hydrogens is 456 g/mol. The zero-order valence-electron chi connectivity index (χ0n) is 19.0. The summed E-state index contributed by atoms with van der Waals surface area (Å²) >= 11 is 0. The number of nitrogens with zero attached hydrogens (tertiary/aromatic N) is 2. The molecular formula is C25H28N2O6S. The quantitative estimate of drug-likeness (QED) is 0.368. The zero-order chi connectivity index (χ0) is 24.3. The Morgan fingerprint density at radius 3 is 2.26 bits per heavy atom. The van der Waals surface area contributed by atoms with Crippen molar-refractivity contribution >= 4 is 27.5 Å². The molecule has 1 amide bonds. The average Bonchev–Trinajstić information content (AvgIpc) is 3.13. The van der Waals surface area contributed by atoms with Crippen LogP contribution in [0.4, 0.5) is 0 Å². The van der Waals surface area contributed by atoms with Crippen LogP contribution in [0.5, 0.6) is 0 Å². The fraction of sp³-hybridized carbons (Fsp3) is 0.360. The molecule has 0 radical (unpaired) electrons. The summed E-state index contributed by atoms with van der Waals surface area (Å²) in [6, 6.07) is 14.0. The number of aliphatic hydroxyl groups excluding tert-OH is 1. The summed E-state index contributed by atoms with van der Waals surface area (Å²) in [6.45, 7) is 1.40. The molecule has 2 aliphatic heterocycles. The zero-order valence-corrected chi connectivity index (χ0v) is 19.8. The lowest BCUT2D eigenvalue weighted by atomic mass is 9.95. The van der Waals surface area contributed by atoms with Gasteiger partial charge in [-0.2, -0.15) is 4.31 Å². The van der Waals surface area contributed by atoms with Crippen LogP contribution in [0.15, 0.2) is 65.1 Å². The van der Waals surface area contributed by atoms with Gasteiger partial charge < -0.3 is 14.7 Å². The predicted molar refractivity (Wildman–Crippen MR) is 126 cm³/mol. The number of Topliss-reactive ketones (excluding diaryl/α,β-unsaturated/α-hetero) is 1. The van der Waals surface area contributed by atoms with Gasteiger partial charge in [-0.05, 0) is 42.7 Å². The van der Waals surface area contributed by atoms with Crippen molar-refractivity contribution in [3.63, 3.8) is 0 Å². The second kappa shape index (κ2) is 10.1. The third kappa shape index (κ3) is 4.51. The van der Waals surface area contributed by atoms with Crippen LogP contribution in [0.2, 0.25) is 0 Å². The van der Waals surface area contributed by atoms with Crippen LogP contribution in [0.3, 0.4) is 0 Å². The molecule has 0 aliphatic carbocycles. The molecule has 8 nitrogen and oxygen atoms in total. The van der Waals surface area contributed by atoms with Crippen LogP contribution in [-0.4, -0.2) is 67.8 Å². The standard InChI is InChI=1S/C25H28N2O6S/c1-33-17-16-27-22(18-8-4-2-5-9-18)21(24(29)25(27)30)23(28)19-10-12-20(13-11-19)34(31,32)26-14-6-3-7-15-26/h2,4-5,8-13,22,28H,3,6-7,14-17H2,1H3/t22-/m1/s1. The number of rotatable bonds is 7. The Bertz CT molecular complexity index is 1190. The average molecular weight is 485 g/mol. The number of piperidine rings is 1. The number of benzene rings is 2. The number of hydrogen-bond donors (Lipinski definition) is 1. The molecule has 0 unspecified atom stereocenters. The summed E-state index contributed by atoms with van der Waals surface area (Å²) in [5.41, 5.74) is 0.922. The highest BCUT2D eigenvalue weighted by molar-refractivity contribution is 7.89. The number of sulfonamides is 1. The van der Waals surface area contributed by atoms with Gasteiger partial charge in [0.15, 0.2) is 0 Å². The summed E-state index contributed by atoms with van der Waals surface area (Å²) in [6.07, 6.45) is 2.69. The van der Waals surface area contributed by atoms with E-state index in [0.717, 1.165) is 19.3 Å². The van der Waals surface area contributed by atoms with Gasteiger partial charge >= 0.3 is 0 Å². The molecule has 2 aliphatic rings. The van der Waals surface area contributed by atoms with E-state index in [-0.39, 0.29) is 34.9 Å². The van der Waals surface area contributed by atoms with Crippen molar-refractivity contribution in [3.8, 4) is 0 Å². The van der Waals surface area contributed by atoms with Crippen LogP contribution in [0, 0.1) is 0 Å². The fourth-order valence-corrected chi connectivity index (χ4v) is 5.99. The number of methoxy groups -OCH3 is 1. The van der Waals surface area contributed by atoms with E-state index in [1.165, 1.54) is 40.6 Å². The Balaban J connectivity index is 1.72. The number of aliphatic hydroxyl groups is 1. The second-order valence-electron chi connectivity index (χ2n) is 8.39. The molecule has 4 rings (SSSR count). The van der Waals surface area contributed by atoms with Crippen molar-refractivity contribution < 1.29 is 27.9 Å². The Kier molecular flexibility index (Phi) is 7.16. The molecule has 0 spiro atoms. The maximum atomic E-state index is 13.0. The third-order valence-corrected chi connectivity index (χ3v) is 8.19. The molecule has 2 aromatic rings. The Morgan fingerprint density at radius 1 is 1.00 bits per heavy atom. The highest BCUT2D eigenvalue weighted by Crippen LogP contribution is 2.39. The van der Waals surface area contributed by atoms with E-state index >= 15 is 0 Å². The molecule has 2 heterocycles. The number of ether oxygens (including phenoxy) is 1. The lowest BCUT2D eigenvalue weighted by molar-refractivity contribution is -0.140. The highest BCUT2D eigenvalue weighted by Gasteiger charge is 2.45. The second-order valence-corrected chi connectivity index (χ2v) is 10.3. The number of likely N-dealkylation sites (tertiary alicyclic amines) is 1. The van der Waals surface area contributed by atoms with Gasteiger partial charge in [0.25, 0.3) is 11.7 Å². The molecule has 0 aromatic heterocycles. The van der Waals surface area contributed by atoms with Gasteiger partial charge in [0.05, 0.1) is 23.1 Å². The van der Waals surface area contributed by atoms with Crippen molar-refractivity contribution in [2.75, 3.05) is 33.4 Å². The maximum absolute atomic E-state index is 13.0. The first-order valence-corrected chi connectivity index (χ1v) is 12.7. The monoisotopic (exact) mass is 484 g/mol. The largest absolute Gasteiger partial charge is 0.507 e. The first kappa shape index (κ1) is 24.1. The van der Waals surface area contributed by atoms with Gasteiger partial charge in [-0.15, -0.1) is 0 Å². The van der Waals surface area contributed by atoms with E-state index in [2.05, 4.69) is 0 Å². The van der Waals surface area contributed by atoms with Crippen molar-refractivity contribution in [3.05, 3.63) is 71.3 Å². The molecule has 2 fully saturated rings. The lowest BCUT2D eigenvalue weighted by Crippen LogP contribution is -2.35. The van der Waals surface area contributed by atoms with E-state index in [1.54, 1.807) is 24.3 Å². The summed E-state index contributed by atoms with van der Waals surface area (Å²) in [7, 11) is -2.12. The Labute approximate surface area is 199 Å². The van der Waals surface area contributed by atoms with Crippen LogP contribution in [0.1, 0.15) is 36.4 Å².